The molecule has 1 aliphatic rings. The molecule has 1 saturated carbocycles. The molecule has 0 aromatic rings. The van der Waals surface area contributed by atoms with E-state index in [0.717, 1.165) is 12.8 Å². The first-order valence-electron chi connectivity index (χ1n) is 5.45. The second-order valence-corrected chi connectivity index (χ2v) is 5.04. The lowest BCUT2D eigenvalue weighted by Gasteiger charge is -2.12. The first kappa shape index (κ1) is 13.3. The summed E-state index contributed by atoms with van der Waals surface area (Å²) in [6.45, 7) is 0. The van der Waals surface area contributed by atoms with Crippen LogP contribution in [0.4, 0.5) is 0 Å². The molecule has 0 aliphatic heterocycles. The number of aliphatic carboxylic acids is 1. The number of hydrogen-bond acceptors (Lipinski definition) is 4. The summed E-state index contributed by atoms with van der Waals surface area (Å²) in [5.74, 6) is -0.483. The van der Waals surface area contributed by atoms with Crippen LogP contribution in [-0.4, -0.2) is 40.6 Å². The van der Waals surface area contributed by atoms with Gasteiger partial charge in [0.15, 0.2) is 0 Å². The monoisotopic (exact) mass is 246 g/mol. The summed E-state index contributed by atoms with van der Waals surface area (Å²) in [5, 5.41) is 11.5. The summed E-state index contributed by atoms with van der Waals surface area (Å²) in [6, 6.07) is -0.564. The molecule has 0 unspecified atom stereocenters. The minimum absolute atomic E-state index is 0.0190. The molecule has 5 nitrogen and oxygen atoms in total. The zero-order valence-electron chi connectivity index (χ0n) is 9.15. The summed E-state index contributed by atoms with van der Waals surface area (Å²) in [6.07, 6.45) is 4.49. The molecule has 0 aromatic carbocycles. The highest BCUT2D eigenvalue weighted by Gasteiger charge is 2.17. The Morgan fingerprint density at radius 1 is 1.44 bits per heavy atom. The summed E-state index contributed by atoms with van der Waals surface area (Å²) in [7, 11) is 0. The molecule has 0 radical (unpaired) electrons. The van der Waals surface area contributed by atoms with Gasteiger partial charge in [-0.3, -0.25) is 9.59 Å². The van der Waals surface area contributed by atoms with Crippen molar-refractivity contribution >= 4 is 23.6 Å². The van der Waals surface area contributed by atoms with E-state index in [0.29, 0.717) is 6.04 Å². The third kappa shape index (κ3) is 4.85. The van der Waals surface area contributed by atoms with Crippen molar-refractivity contribution in [1.82, 2.24) is 5.32 Å². The van der Waals surface area contributed by atoms with Gasteiger partial charge in [0.1, 0.15) is 6.04 Å². The van der Waals surface area contributed by atoms with Gasteiger partial charge in [-0.15, -0.1) is 11.8 Å². The van der Waals surface area contributed by atoms with Crippen molar-refractivity contribution in [3.05, 3.63) is 0 Å². The molecule has 1 fully saturated rings. The average molecular weight is 246 g/mol. The number of nitrogens with one attached hydrogen (secondary N) is 1. The van der Waals surface area contributed by atoms with Crippen LogP contribution in [0.5, 0.6) is 0 Å². The van der Waals surface area contributed by atoms with E-state index in [1.54, 1.807) is 0 Å². The number of carboxylic acids is 1. The van der Waals surface area contributed by atoms with Crippen LogP contribution in [0.1, 0.15) is 25.7 Å². The summed E-state index contributed by atoms with van der Waals surface area (Å²) in [4.78, 5) is 21.8. The fourth-order valence-electron chi connectivity index (χ4n) is 1.69. The Hall–Kier alpha value is -0.750. The normalized spacial score (nSPS) is 18.3. The van der Waals surface area contributed by atoms with Gasteiger partial charge < -0.3 is 16.2 Å². The van der Waals surface area contributed by atoms with E-state index < -0.39 is 12.0 Å². The van der Waals surface area contributed by atoms with E-state index >= 15 is 0 Å². The van der Waals surface area contributed by atoms with E-state index in [2.05, 4.69) is 5.32 Å². The van der Waals surface area contributed by atoms with Crippen LogP contribution in [0.3, 0.4) is 0 Å². The van der Waals surface area contributed by atoms with Gasteiger partial charge in [-0.05, 0) is 12.8 Å². The van der Waals surface area contributed by atoms with Gasteiger partial charge in [-0.25, -0.2) is 0 Å². The topological polar surface area (TPSA) is 92.4 Å². The summed E-state index contributed by atoms with van der Waals surface area (Å²) >= 11 is 1.26. The molecule has 92 valence electrons. The highest BCUT2D eigenvalue weighted by Crippen LogP contribution is 2.17. The molecule has 4 N–H and O–H groups in total. The number of carboxylic acid groups (broad SMARTS) is 1. The quantitative estimate of drug-likeness (QED) is 0.622. The SMILES string of the molecule is N[C@H](CSCC(=O)NC1CCCC1)C(=O)O. The molecule has 1 atom stereocenters. The van der Waals surface area contributed by atoms with Crippen LogP contribution < -0.4 is 11.1 Å². The van der Waals surface area contributed by atoms with E-state index in [1.807, 2.05) is 0 Å². The van der Waals surface area contributed by atoms with E-state index in [4.69, 9.17) is 10.8 Å². The van der Waals surface area contributed by atoms with Gasteiger partial charge in [0.05, 0.1) is 5.75 Å². The number of rotatable bonds is 6. The maximum absolute atomic E-state index is 11.4. The maximum Gasteiger partial charge on any atom is 0.321 e. The molecule has 0 aromatic heterocycles. The van der Waals surface area contributed by atoms with Crippen molar-refractivity contribution in [1.29, 1.82) is 0 Å². The third-order valence-electron chi connectivity index (χ3n) is 2.57. The second-order valence-electron chi connectivity index (χ2n) is 4.01. The number of carbonyl (C=O) groups is 2. The number of nitrogens with two attached hydrogens (primary N) is 1. The van der Waals surface area contributed by atoms with Crippen LogP contribution in [0.15, 0.2) is 0 Å². The van der Waals surface area contributed by atoms with E-state index in [1.165, 1.54) is 24.6 Å². The molecule has 1 amide bonds. The van der Waals surface area contributed by atoms with Crippen LogP contribution in [0, 0.1) is 0 Å². The van der Waals surface area contributed by atoms with Crippen molar-refractivity contribution in [2.24, 2.45) is 5.73 Å². The molecule has 1 aliphatic carbocycles. The Morgan fingerprint density at radius 2 is 2.06 bits per heavy atom. The van der Waals surface area contributed by atoms with Crippen LogP contribution in [-0.2, 0) is 9.59 Å². The Bertz CT molecular complexity index is 254. The van der Waals surface area contributed by atoms with Gasteiger partial charge in [-0.1, -0.05) is 12.8 Å². The maximum atomic E-state index is 11.4. The minimum Gasteiger partial charge on any atom is -0.480 e. The molecular weight excluding hydrogens is 228 g/mol. The molecule has 0 heterocycles. The van der Waals surface area contributed by atoms with Crippen LogP contribution in [0.25, 0.3) is 0 Å². The Balaban J connectivity index is 2.08. The lowest BCUT2D eigenvalue weighted by molar-refractivity contribution is -0.138. The van der Waals surface area contributed by atoms with Crippen LogP contribution in [0.2, 0.25) is 0 Å². The van der Waals surface area contributed by atoms with Crippen molar-refractivity contribution < 1.29 is 14.7 Å². The predicted octanol–water partition coefficient (Wildman–Crippen LogP) is 0.190. The van der Waals surface area contributed by atoms with Gasteiger partial charge in [0, 0.05) is 11.8 Å². The molecule has 6 heteroatoms. The molecule has 0 spiro atoms. The smallest absolute Gasteiger partial charge is 0.321 e. The average Bonchev–Trinajstić information content (AvgIpc) is 2.70. The van der Waals surface area contributed by atoms with Gasteiger partial charge >= 0.3 is 5.97 Å². The van der Waals surface area contributed by atoms with Crippen LogP contribution >= 0.6 is 11.8 Å². The number of carbonyl (C=O) groups excluding carboxylic acids is 1. The zero-order valence-corrected chi connectivity index (χ0v) is 9.96. The minimum atomic E-state index is -1.02. The molecular formula is C10H18N2O3S. The van der Waals surface area contributed by atoms with Crippen molar-refractivity contribution in [2.45, 2.75) is 37.8 Å². The lowest BCUT2D eigenvalue weighted by atomic mass is 10.2. The van der Waals surface area contributed by atoms with Gasteiger partial charge in [0.2, 0.25) is 5.91 Å². The fraction of sp³-hybridized carbons (Fsp3) is 0.800. The second kappa shape index (κ2) is 6.75. The van der Waals surface area contributed by atoms with Crippen molar-refractivity contribution in [2.75, 3.05) is 11.5 Å². The standard InChI is InChI=1S/C10H18N2O3S/c11-8(10(14)15)5-16-6-9(13)12-7-3-1-2-4-7/h7-8H,1-6,11H2,(H,12,13)(H,14,15)/t8-/m1/s1. The Labute approximate surface area is 99.1 Å². The predicted molar refractivity (Wildman–Crippen MR) is 63.3 cm³/mol. The third-order valence-corrected chi connectivity index (χ3v) is 3.63. The number of hydrogen-bond donors (Lipinski definition) is 3. The van der Waals surface area contributed by atoms with Gasteiger partial charge in [-0.2, -0.15) is 0 Å². The first-order valence-corrected chi connectivity index (χ1v) is 6.60. The summed E-state index contributed by atoms with van der Waals surface area (Å²) in [5.41, 5.74) is 5.31. The zero-order chi connectivity index (χ0) is 12.0. The Kier molecular flexibility index (Phi) is 5.62. The number of thioether (sulfide) groups is 1. The first-order chi connectivity index (χ1) is 7.59. The molecule has 0 bridgehead atoms. The molecule has 16 heavy (non-hydrogen) atoms. The molecule has 0 saturated heterocycles. The molecule has 1 rings (SSSR count). The fourth-order valence-corrected chi connectivity index (χ4v) is 2.47. The highest BCUT2D eigenvalue weighted by atomic mass is 32.2. The van der Waals surface area contributed by atoms with Gasteiger partial charge in [0.25, 0.3) is 0 Å². The van der Waals surface area contributed by atoms with Crippen molar-refractivity contribution in [3.63, 3.8) is 0 Å². The summed E-state index contributed by atoms with van der Waals surface area (Å²) < 4.78 is 0. The lowest BCUT2D eigenvalue weighted by Crippen LogP contribution is -2.36. The Morgan fingerprint density at radius 3 is 2.62 bits per heavy atom. The van der Waals surface area contributed by atoms with Crippen molar-refractivity contribution in [3.8, 4) is 0 Å². The van der Waals surface area contributed by atoms with E-state index in [9.17, 15) is 9.59 Å². The highest BCUT2D eigenvalue weighted by molar-refractivity contribution is 8.00. The number of amides is 1. The van der Waals surface area contributed by atoms with E-state index in [-0.39, 0.29) is 17.4 Å². The largest absolute Gasteiger partial charge is 0.480 e.